The van der Waals surface area contributed by atoms with Crippen LogP contribution in [0.25, 0.3) is 0 Å². The maximum absolute atomic E-state index is 11.5. The Labute approximate surface area is 127 Å². The fraction of sp³-hybridized carbons (Fsp3) is 0.588. The summed E-state index contributed by atoms with van der Waals surface area (Å²) < 4.78 is 0. The van der Waals surface area contributed by atoms with Crippen molar-refractivity contribution in [2.75, 3.05) is 6.54 Å². The lowest BCUT2D eigenvalue weighted by Gasteiger charge is -2.29. The van der Waals surface area contributed by atoms with Gasteiger partial charge in [0, 0.05) is 19.1 Å². The van der Waals surface area contributed by atoms with Crippen LogP contribution in [0.3, 0.4) is 0 Å². The Bertz CT molecular complexity index is 476. The number of carboxylic acids is 1. The molecule has 1 aliphatic rings. The van der Waals surface area contributed by atoms with Crippen LogP contribution in [0, 0.1) is 0 Å². The van der Waals surface area contributed by atoms with Crippen LogP contribution in [0.2, 0.25) is 0 Å². The second-order valence-electron chi connectivity index (χ2n) is 6.52. The Morgan fingerprint density at radius 3 is 2.38 bits per heavy atom. The van der Waals surface area contributed by atoms with Crippen molar-refractivity contribution in [3.8, 4) is 0 Å². The summed E-state index contributed by atoms with van der Waals surface area (Å²) in [5, 5.41) is 12.6. The van der Waals surface area contributed by atoms with E-state index in [9.17, 15) is 9.90 Å². The molecule has 1 unspecified atom stereocenters. The highest BCUT2D eigenvalue weighted by Gasteiger charge is 2.33. The van der Waals surface area contributed by atoms with Gasteiger partial charge in [0.2, 0.25) is 0 Å². The Kier molecular flexibility index (Phi) is 5.01. The van der Waals surface area contributed by atoms with Gasteiger partial charge in [0.1, 0.15) is 5.54 Å². The Hall–Kier alpha value is -1.39. The third kappa shape index (κ3) is 4.05. The molecule has 0 bridgehead atoms. The normalized spacial score (nSPS) is 17.7. The van der Waals surface area contributed by atoms with Gasteiger partial charge in [-0.15, -0.1) is 0 Å². The molecule has 1 aromatic rings. The predicted molar refractivity (Wildman–Crippen MR) is 84.1 cm³/mol. The average molecular weight is 290 g/mol. The van der Waals surface area contributed by atoms with Crippen LogP contribution < -0.4 is 5.32 Å². The molecule has 0 saturated heterocycles. The van der Waals surface area contributed by atoms with Crippen LogP contribution in [0.4, 0.5) is 0 Å². The second kappa shape index (κ2) is 6.58. The van der Waals surface area contributed by atoms with Gasteiger partial charge in [-0.2, -0.15) is 0 Å². The van der Waals surface area contributed by atoms with Gasteiger partial charge >= 0.3 is 5.97 Å². The van der Waals surface area contributed by atoms with Gasteiger partial charge in [-0.3, -0.25) is 15.0 Å². The molecule has 0 fully saturated rings. The highest BCUT2D eigenvalue weighted by atomic mass is 16.4. The minimum absolute atomic E-state index is 0.169. The average Bonchev–Trinajstić information content (AvgIpc) is 2.80. The zero-order chi connectivity index (χ0) is 15.5. The smallest absolute Gasteiger partial charge is 0.323 e. The van der Waals surface area contributed by atoms with Gasteiger partial charge < -0.3 is 5.11 Å². The molecule has 0 amide bonds. The van der Waals surface area contributed by atoms with Crippen LogP contribution in [-0.4, -0.2) is 34.1 Å². The molecule has 21 heavy (non-hydrogen) atoms. The van der Waals surface area contributed by atoms with E-state index < -0.39 is 11.5 Å². The molecule has 1 aromatic carbocycles. The van der Waals surface area contributed by atoms with E-state index in [2.05, 4.69) is 34.5 Å². The summed E-state index contributed by atoms with van der Waals surface area (Å²) in [4.78, 5) is 13.9. The van der Waals surface area contributed by atoms with Crippen LogP contribution in [0.15, 0.2) is 24.3 Å². The molecule has 4 nitrogen and oxygen atoms in total. The number of benzene rings is 1. The Morgan fingerprint density at radius 1 is 1.33 bits per heavy atom. The molecule has 2 N–H and O–H groups in total. The number of hydrogen-bond donors (Lipinski definition) is 2. The first kappa shape index (κ1) is 16.0. The van der Waals surface area contributed by atoms with Crippen molar-refractivity contribution in [2.24, 2.45) is 0 Å². The molecular weight excluding hydrogens is 264 g/mol. The maximum atomic E-state index is 11.5. The van der Waals surface area contributed by atoms with Gasteiger partial charge in [-0.1, -0.05) is 24.3 Å². The lowest BCUT2D eigenvalue weighted by atomic mass is 9.94. The minimum Gasteiger partial charge on any atom is -0.480 e. The Morgan fingerprint density at radius 2 is 1.90 bits per heavy atom. The van der Waals surface area contributed by atoms with E-state index in [-0.39, 0.29) is 6.04 Å². The Balaban J connectivity index is 1.83. The quantitative estimate of drug-likeness (QED) is 0.810. The molecule has 4 heteroatoms. The van der Waals surface area contributed by atoms with Gasteiger partial charge in [-0.25, -0.2) is 0 Å². The first-order valence-electron chi connectivity index (χ1n) is 7.71. The van der Waals surface area contributed by atoms with Crippen LogP contribution in [0.5, 0.6) is 0 Å². The summed E-state index contributed by atoms with van der Waals surface area (Å²) in [5.41, 5.74) is 1.97. The predicted octanol–water partition coefficient (Wildman–Crippen LogP) is 2.62. The van der Waals surface area contributed by atoms with Gasteiger partial charge in [0.15, 0.2) is 0 Å². The number of carboxylic acid groups (broad SMARTS) is 1. The monoisotopic (exact) mass is 290 g/mol. The molecule has 0 aliphatic carbocycles. The minimum atomic E-state index is -0.833. The molecule has 1 aliphatic heterocycles. The van der Waals surface area contributed by atoms with Gasteiger partial charge in [-0.05, 0) is 51.3 Å². The fourth-order valence-corrected chi connectivity index (χ4v) is 3.10. The number of nitrogens with zero attached hydrogens (tertiary/aromatic N) is 1. The number of nitrogens with one attached hydrogen (secondary N) is 1. The molecule has 2 rings (SSSR count). The molecule has 0 spiro atoms. The topological polar surface area (TPSA) is 52.6 Å². The fourth-order valence-electron chi connectivity index (χ4n) is 3.10. The number of fused-ring (bicyclic) bond motifs is 1. The van der Waals surface area contributed by atoms with Crippen molar-refractivity contribution in [1.82, 2.24) is 10.2 Å². The molecule has 1 heterocycles. The van der Waals surface area contributed by atoms with Crippen molar-refractivity contribution < 1.29 is 9.90 Å². The molecular formula is C17H26N2O2. The standard InChI is InChI=1S/C17H26N2O2/c1-13(2)18-17(3,16(20)21)9-6-10-19-11-14-7-4-5-8-15(14)12-19/h4-5,7-8,13,18H,6,9-12H2,1-3H3,(H,20,21). The van der Waals surface area contributed by atoms with Crippen LogP contribution in [-0.2, 0) is 17.9 Å². The molecule has 116 valence electrons. The van der Waals surface area contributed by atoms with E-state index in [4.69, 9.17) is 0 Å². The highest BCUT2D eigenvalue weighted by molar-refractivity contribution is 5.78. The largest absolute Gasteiger partial charge is 0.480 e. The summed E-state index contributed by atoms with van der Waals surface area (Å²) in [6.07, 6.45) is 1.53. The first-order chi connectivity index (χ1) is 9.90. The maximum Gasteiger partial charge on any atom is 0.323 e. The lowest BCUT2D eigenvalue weighted by Crippen LogP contribution is -2.52. The van der Waals surface area contributed by atoms with Crippen molar-refractivity contribution in [2.45, 2.75) is 58.3 Å². The summed E-state index contributed by atoms with van der Waals surface area (Å²) >= 11 is 0. The van der Waals surface area contributed by atoms with Gasteiger partial charge in [0.25, 0.3) is 0 Å². The lowest BCUT2D eigenvalue weighted by molar-refractivity contribution is -0.144. The van der Waals surface area contributed by atoms with Crippen LogP contribution in [0.1, 0.15) is 44.7 Å². The molecule has 0 saturated carbocycles. The molecule has 0 aromatic heterocycles. The first-order valence-corrected chi connectivity index (χ1v) is 7.71. The van der Waals surface area contributed by atoms with Crippen molar-refractivity contribution in [1.29, 1.82) is 0 Å². The summed E-state index contributed by atoms with van der Waals surface area (Å²) in [6.45, 7) is 8.66. The van der Waals surface area contributed by atoms with E-state index in [1.165, 1.54) is 11.1 Å². The van der Waals surface area contributed by atoms with Crippen molar-refractivity contribution in [3.63, 3.8) is 0 Å². The summed E-state index contributed by atoms with van der Waals surface area (Å²) in [7, 11) is 0. The van der Waals surface area contributed by atoms with E-state index in [1.54, 1.807) is 6.92 Å². The van der Waals surface area contributed by atoms with Crippen LogP contribution >= 0.6 is 0 Å². The van der Waals surface area contributed by atoms with E-state index in [0.717, 1.165) is 26.1 Å². The third-order valence-electron chi connectivity index (χ3n) is 4.14. The SMILES string of the molecule is CC(C)NC(C)(CCCN1Cc2ccccc2C1)C(=O)O. The van der Waals surface area contributed by atoms with E-state index in [1.807, 2.05) is 13.8 Å². The van der Waals surface area contributed by atoms with Gasteiger partial charge in [0.05, 0.1) is 0 Å². The summed E-state index contributed by atoms with van der Waals surface area (Å²) in [5.74, 6) is -0.763. The number of rotatable bonds is 7. The number of hydrogen-bond acceptors (Lipinski definition) is 3. The second-order valence-corrected chi connectivity index (χ2v) is 6.52. The van der Waals surface area contributed by atoms with E-state index in [0.29, 0.717) is 6.42 Å². The summed E-state index contributed by atoms with van der Waals surface area (Å²) in [6, 6.07) is 8.68. The zero-order valence-electron chi connectivity index (χ0n) is 13.2. The number of aliphatic carboxylic acids is 1. The molecule has 0 radical (unpaired) electrons. The zero-order valence-corrected chi connectivity index (χ0v) is 13.2. The third-order valence-corrected chi connectivity index (χ3v) is 4.14. The van der Waals surface area contributed by atoms with Crippen molar-refractivity contribution in [3.05, 3.63) is 35.4 Å². The highest BCUT2D eigenvalue weighted by Crippen LogP contribution is 2.23. The number of carbonyl (C=O) groups is 1. The van der Waals surface area contributed by atoms with Crippen molar-refractivity contribution >= 4 is 5.97 Å². The molecule has 1 atom stereocenters. The van der Waals surface area contributed by atoms with E-state index >= 15 is 0 Å².